The molecule has 0 unspecified atom stereocenters. The predicted molar refractivity (Wildman–Crippen MR) is 114 cm³/mol. The van der Waals surface area contributed by atoms with Crippen molar-refractivity contribution < 1.29 is 19.1 Å². The summed E-state index contributed by atoms with van der Waals surface area (Å²) in [6, 6.07) is 9.94. The third kappa shape index (κ3) is 5.55. The molecule has 0 heterocycles. The molecule has 7 heteroatoms. The average molecular weight is 393 g/mol. The van der Waals surface area contributed by atoms with Gasteiger partial charge in [-0.2, -0.15) is 0 Å². The largest absolute Gasteiger partial charge is 0.497 e. The summed E-state index contributed by atoms with van der Waals surface area (Å²) in [5.41, 5.74) is 2.41. The number of aryl methyl sites for hydroxylation is 1. The first-order valence-corrected chi connectivity index (χ1v) is 8.66. The Morgan fingerprint density at radius 2 is 1.69 bits per heavy atom. The number of allylic oxidation sites excluding steroid dienone is 1. The van der Waals surface area contributed by atoms with Crippen LogP contribution in [0, 0.1) is 6.92 Å². The van der Waals surface area contributed by atoms with Crippen molar-refractivity contribution in [2.75, 3.05) is 19.5 Å². The fourth-order valence-electron chi connectivity index (χ4n) is 2.52. The van der Waals surface area contributed by atoms with Crippen LogP contribution in [0.4, 0.5) is 5.69 Å². The van der Waals surface area contributed by atoms with Crippen LogP contribution in [0.2, 0.25) is 0 Å². The SMILES string of the molecule is C=CC(=CN=C)NC(=O)c1cc(NC(=O)c2cc(OC)cc(OC)c2)ccc1C. The van der Waals surface area contributed by atoms with Gasteiger partial charge >= 0.3 is 0 Å². The molecule has 0 aliphatic carbocycles. The Hall–Kier alpha value is -3.87. The fourth-order valence-corrected chi connectivity index (χ4v) is 2.52. The van der Waals surface area contributed by atoms with E-state index in [0.717, 1.165) is 5.56 Å². The van der Waals surface area contributed by atoms with Gasteiger partial charge in [-0.3, -0.25) is 14.6 Å². The van der Waals surface area contributed by atoms with E-state index in [1.54, 1.807) is 43.3 Å². The Kier molecular flexibility index (Phi) is 7.31. The summed E-state index contributed by atoms with van der Waals surface area (Å²) >= 11 is 0. The Morgan fingerprint density at radius 3 is 2.24 bits per heavy atom. The van der Waals surface area contributed by atoms with Gasteiger partial charge in [0.15, 0.2) is 0 Å². The summed E-state index contributed by atoms with van der Waals surface area (Å²) in [7, 11) is 3.02. The number of carbonyl (C=O) groups is 2. The number of nitrogens with one attached hydrogen (secondary N) is 2. The second kappa shape index (κ2) is 9.89. The van der Waals surface area contributed by atoms with E-state index < -0.39 is 0 Å². The molecule has 29 heavy (non-hydrogen) atoms. The Labute approximate surface area is 169 Å². The molecule has 0 atom stereocenters. The number of aliphatic imine (C=N–C) groups is 1. The minimum atomic E-state index is -0.361. The van der Waals surface area contributed by atoms with Gasteiger partial charge in [0.05, 0.1) is 19.9 Å². The van der Waals surface area contributed by atoms with E-state index >= 15 is 0 Å². The number of ether oxygens (including phenoxy) is 2. The van der Waals surface area contributed by atoms with Crippen molar-refractivity contribution in [1.82, 2.24) is 5.32 Å². The van der Waals surface area contributed by atoms with Crippen molar-refractivity contribution in [3.8, 4) is 11.5 Å². The summed E-state index contributed by atoms with van der Waals surface area (Å²) in [6.07, 6.45) is 2.85. The first-order chi connectivity index (χ1) is 13.9. The lowest BCUT2D eigenvalue weighted by Crippen LogP contribution is -2.23. The van der Waals surface area contributed by atoms with Gasteiger partial charge < -0.3 is 20.1 Å². The highest BCUT2D eigenvalue weighted by molar-refractivity contribution is 6.06. The van der Waals surface area contributed by atoms with E-state index in [1.807, 2.05) is 0 Å². The Bertz CT molecular complexity index is 958. The summed E-state index contributed by atoms with van der Waals surface area (Å²) in [5.74, 6) is 0.285. The van der Waals surface area contributed by atoms with Crippen LogP contribution in [0.15, 0.2) is 65.9 Å². The number of carbonyl (C=O) groups excluding carboxylic acids is 2. The first-order valence-electron chi connectivity index (χ1n) is 8.66. The summed E-state index contributed by atoms with van der Waals surface area (Å²) < 4.78 is 10.4. The highest BCUT2D eigenvalue weighted by atomic mass is 16.5. The Morgan fingerprint density at radius 1 is 1.03 bits per heavy atom. The zero-order valence-electron chi connectivity index (χ0n) is 16.6. The van der Waals surface area contributed by atoms with Crippen molar-refractivity contribution in [2.24, 2.45) is 4.99 Å². The van der Waals surface area contributed by atoms with Gasteiger partial charge in [0.1, 0.15) is 11.5 Å². The molecule has 0 radical (unpaired) electrons. The highest BCUT2D eigenvalue weighted by Crippen LogP contribution is 2.24. The zero-order chi connectivity index (χ0) is 21.4. The Balaban J connectivity index is 2.26. The number of rotatable bonds is 8. The quantitative estimate of drug-likeness (QED) is 0.528. The van der Waals surface area contributed by atoms with Crippen molar-refractivity contribution in [3.63, 3.8) is 0 Å². The smallest absolute Gasteiger partial charge is 0.256 e. The second-order valence-electron chi connectivity index (χ2n) is 6.01. The molecule has 150 valence electrons. The molecule has 7 nitrogen and oxygen atoms in total. The molecule has 0 saturated heterocycles. The van der Waals surface area contributed by atoms with Crippen molar-refractivity contribution >= 4 is 24.2 Å². The van der Waals surface area contributed by atoms with Crippen LogP contribution in [0.5, 0.6) is 11.5 Å². The first kappa shape index (κ1) is 21.4. The molecule has 0 spiro atoms. The van der Waals surface area contributed by atoms with Crippen LogP contribution in [0.3, 0.4) is 0 Å². The van der Waals surface area contributed by atoms with E-state index in [9.17, 15) is 9.59 Å². The van der Waals surface area contributed by atoms with Crippen molar-refractivity contribution in [3.05, 3.63) is 77.6 Å². The van der Waals surface area contributed by atoms with Crippen LogP contribution in [-0.4, -0.2) is 32.8 Å². The molecular formula is C22H23N3O4. The highest BCUT2D eigenvalue weighted by Gasteiger charge is 2.14. The number of hydrogen-bond donors (Lipinski definition) is 2. The van der Waals surface area contributed by atoms with E-state index in [4.69, 9.17) is 9.47 Å². The second-order valence-corrected chi connectivity index (χ2v) is 6.01. The van der Waals surface area contributed by atoms with Gasteiger partial charge in [0.25, 0.3) is 11.8 Å². The topological polar surface area (TPSA) is 89.0 Å². The van der Waals surface area contributed by atoms with Crippen LogP contribution in [0.25, 0.3) is 0 Å². The lowest BCUT2D eigenvalue weighted by Gasteiger charge is -2.12. The molecule has 2 amide bonds. The number of methoxy groups -OCH3 is 2. The minimum absolute atomic E-state index is 0.351. The number of hydrogen-bond acceptors (Lipinski definition) is 5. The number of nitrogens with zero attached hydrogens (tertiary/aromatic N) is 1. The van der Waals surface area contributed by atoms with Gasteiger partial charge in [-0.05, 0) is 49.5 Å². The molecule has 2 aromatic rings. The molecule has 0 bridgehead atoms. The molecular weight excluding hydrogens is 370 g/mol. The molecule has 2 aromatic carbocycles. The van der Waals surface area contributed by atoms with Gasteiger partial charge in [-0.1, -0.05) is 12.6 Å². The van der Waals surface area contributed by atoms with Crippen LogP contribution >= 0.6 is 0 Å². The molecule has 2 N–H and O–H groups in total. The molecule has 2 rings (SSSR count). The van der Waals surface area contributed by atoms with Gasteiger partial charge in [-0.25, -0.2) is 0 Å². The lowest BCUT2D eigenvalue weighted by atomic mass is 10.1. The van der Waals surface area contributed by atoms with Crippen molar-refractivity contribution in [1.29, 1.82) is 0 Å². The van der Waals surface area contributed by atoms with E-state index in [0.29, 0.717) is 34.0 Å². The minimum Gasteiger partial charge on any atom is -0.497 e. The van der Waals surface area contributed by atoms with Crippen LogP contribution < -0.4 is 20.1 Å². The third-order valence-corrected chi connectivity index (χ3v) is 4.06. The van der Waals surface area contributed by atoms with E-state index in [2.05, 4.69) is 28.9 Å². The fraction of sp³-hybridized carbons (Fsp3) is 0.136. The molecule has 0 aromatic heterocycles. The molecule has 0 aliphatic rings. The number of benzene rings is 2. The predicted octanol–water partition coefficient (Wildman–Crippen LogP) is 3.72. The van der Waals surface area contributed by atoms with Crippen molar-refractivity contribution in [2.45, 2.75) is 6.92 Å². The maximum Gasteiger partial charge on any atom is 0.256 e. The van der Waals surface area contributed by atoms with Gasteiger partial charge in [0, 0.05) is 29.1 Å². The molecule has 0 saturated carbocycles. The third-order valence-electron chi connectivity index (χ3n) is 4.06. The number of anilines is 1. The summed E-state index contributed by atoms with van der Waals surface area (Å²) in [4.78, 5) is 28.9. The average Bonchev–Trinajstić information content (AvgIpc) is 2.73. The van der Waals surface area contributed by atoms with E-state index in [1.165, 1.54) is 26.5 Å². The standard InChI is InChI=1S/C22H23N3O4/c1-6-16(13-23-3)24-22(27)20-11-17(8-7-14(20)2)25-21(26)15-9-18(28-4)12-19(10-15)29-5/h6-13H,1,3H2,2,4-5H3,(H,24,27)(H,25,26). The van der Waals surface area contributed by atoms with Crippen LogP contribution in [-0.2, 0) is 0 Å². The maximum absolute atomic E-state index is 12.7. The number of amides is 2. The molecule has 0 fully saturated rings. The normalized spacial score (nSPS) is 10.7. The summed E-state index contributed by atoms with van der Waals surface area (Å²) in [5, 5.41) is 5.47. The van der Waals surface area contributed by atoms with Gasteiger partial charge in [-0.15, -0.1) is 0 Å². The van der Waals surface area contributed by atoms with Crippen LogP contribution in [0.1, 0.15) is 26.3 Å². The lowest BCUT2D eigenvalue weighted by molar-refractivity contribution is 0.0964. The monoisotopic (exact) mass is 393 g/mol. The summed E-state index contributed by atoms with van der Waals surface area (Å²) in [6.45, 7) is 8.78. The zero-order valence-corrected chi connectivity index (χ0v) is 16.6. The van der Waals surface area contributed by atoms with Gasteiger partial charge in [0.2, 0.25) is 0 Å². The van der Waals surface area contributed by atoms with E-state index in [-0.39, 0.29) is 11.8 Å². The molecule has 0 aliphatic heterocycles. The maximum atomic E-state index is 12.7.